The molecule has 1 aliphatic heterocycles. The molecule has 1 saturated heterocycles. The number of amides is 1. The second kappa shape index (κ2) is 5.60. The number of benzene rings is 1. The number of anilines is 1. The van der Waals surface area contributed by atoms with Crippen LogP contribution >= 0.6 is 11.6 Å². The van der Waals surface area contributed by atoms with Crippen LogP contribution in [0.25, 0.3) is 0 Å². The zero-order valence-corrected chi connectivity index (χ0v) is 11.5. The van der Waals surface area contributed by atoms with Gasteiger partial charge in [-0.1, -0.05) is 18.5 Å². The van der Waals surface area contributed by atoms with Crippen molar-refractivity contribution in [2.45, 2.75) is 31.7 Å². The van der Waals surface area contributed by atoms with Crippen molar-refractivity contribution < 1.29 is 4.79 Å². The molecule has 0 saturated carbocycles. The van der Waals surface area contributed by atoms with E-state index in [0.29, 0.717) is 16.3 Å². The summed E-state index contributed by atoms with van der Waals surface area (Å²) in [6, 6.07) is 6.93. The Hall–Kier alpha value is -1.57. The maximum Gasteiger partial charge on any atom is 0.244 e. The van der Waals surface area contributed by atoms with Crippen LogP contribution in [0.3, 0.4) is 0 Å². The Morgan fingerprint density at radius 3 is 3.00 bits per heavy atom. The summed E-state index contributed by atoms with van der Waals surface area (Å²) in [4.78, 5) is 12.4. The first-order valence-corrected chi connectivity index (χ1v) is 6.75. The van der Waals surface area contributed by atoms with Gasteiger partial charge in [0.05, 0.1) is 16.1 Å². The number of halogens is 1. The monoisotopic (exact) mass is 277 g/mol. The van der Waals surface area contributed by atoms with E-state index in [0.717, 1.165) is 25.8 Å². The van der Waals surface area contributed by atoms with E-state index < -0.39 is 5.54 Å². The lowest BCUT2D eigenvalue weighted by Crippen LogP contribution is -2.50. The van der Waals surface area contributed by atoms with E-state index in [2.05, 4.69) is 10.6 Å². The van der Waals surface area contributed by atoms with Gasteiger partial charge in [0.2, 0.25) is 5.91 Å². The van der Waals surface area contributed by atoms with Gasteiger partial charge in [0, 0.05) is 5.69 Å². The summed E-state index contributed by atoms with van der Waals surface area (Å²) >= 11 is 5.87. The van der Waals surface area contributed by atoms with Crippen molar-refractivity contribution in [1.29, 1.82) is 5.26 Å². The highest BCUT2D eigenvalue weighted by atomic mass is 35.5. The first-order valence-electron chi connectivity index (χ1n) is 6.37. The third-order valence-corrected chi connectivity index (χ3v) is 3.96. The lowest BCUT2D eigenvalue weighted by atomic mass is 9.93. The van der Waals surface area contributed by atoms with Crippen LogP contribution in [-0.2, 0) is 4.79 Å². The molecule has 0 aliphatic carbocycles. The van der Waals surface area contributed by atoms with Gasteiger partial charge in [-0.25, -0.2) is 0 Å². The maximum absolute atomic E-state index is 12.4. The normalized spacial score (nSPS) is 21.9. The molecule has 19 heavy (non-hydrogen) atoms. The topological polar surface area (TPSA) is 64.9 Å². The summed E-state index contributed by atoms with van der Waals surface area (Å²) in [5.74, 6) is -0.0429. The predicted octanol–water partition coefficient (Wildman–Crippen LogP) is 2.68. The first kappa shape index (κ1) is 13.9. The summed E-state index contributed by atoms with van der Waals surface area (Å²) in [5, 5.41) is 15.5. The van der Waals surface area contributed by atoms with Crippen LogP contribution in [-0.4, -0.2) is 18.0 Å². The van der Waals surface area contributed by atoms with Crippen LogP contribution in [0.2, 0.25) is 5.02 Å². The zero-order valence-electron chi connectivity index (χ0n) is 10.8. The molecule has 4 nitrogen and oxygen atoms in total. The highest BCUT2D eigenvalue weighted by Crippen LogP contribution is 2.26. The van der Waals surface area contributed by atoms with E-state index in [9.17, 15) is 4.79 Å². The number of nitrogens with one attached hydrogen (secondary N) is 2. The van der Waals surface area contributed by atoms with Crippen LogP contribution in [0.4, 0.5) is 5.69 Å². The van der Waals surface area contributed by atoms with Crippen molar-refractivity contribution in [3.63, 3.8) is 0 Å². The molecule has 5 heteroatoms. The third-order valence-electron chi connectivity index (χ3n) is 3.63. The molecule has 1 aromatic carbocycles. The molecule has 1 atom stereocenters. The zero-order chi connectivity index (χ0) is 13.9. The minimum Gasteiger partial charge on any atom is -0.324 e. The fourth-order valence-electron chi connectivity index (χ4n) is 2.40. The average molecular weight is 278 g/mol. The smallest absolute Gasteiger partial charge is 0.244 e. The van der Waals surface area contributed by atoms with Crippen molar-refractivity contribution >= 4 is 23.2 Å². The molecule has 1 heterocycles. The van der Waals surface area contributed by atoms with Crippen molar-refractivity contribution in [3.05, 3.63) is 28.8 Å². The fraction of sp³-hybridized carbons (Fsp3) is 0.429. The molecule has 1 aliphatic rings. The Balaban J connectivity index is 2.17. The summed E-state index contributed by atoms with van der Waals surface area (Å²) in [6.07, 6.45) is 2.59. The van der Waals surface area contributed by atoms with E-state index in [1.807, 2.05) is 13.0 Å². The van der Waals surface area contributed by atoms with Gasteiger partial charge in [0.25, 0.3) is 0 Å². The molecule has 100 valence electrons. The summed E-state index contributed by atoms with van der Waals surface area (Å²) in [7, 11) is 0. The van der Waals surface area contributed by atoms with Crippen LogP contribution in [0.5, 0.6) is 0 Å². The van der Waals surface area contributed by atoms with Crippen molar-refractivity contribution in [2.75, 3.05) is 11.9 Å². The minimum absolute atomic E-state index is 0.0429. The molecule has 0 aromatic heterocycles. The third kappa shape index (κ3) is 2.73. The predicted molar refractivity (Wildman–Crippen MR) is 75.1 cm³/mol. The van der Waals surface area contributed by atoms with Gasteiger partial charge in [-0.15, -0.1) is 0 Å². The Bertz CT molecular complexity index is 530. The van der Waals surface area contributed by atoms with Crippen LogP contribution < -0.4 is 10.6 Å². The fourth-order valence-corrected chi connectivity index (χ4v) is 2.56. The SMILES string of the molecule is CCC1(C(=O)Nc2ccc(Cl)c(C#N)c2)CCCN1. The Labute approximate surface area is 117 Å². The quantitative estimate of drug-likeness (QED) is 0.893. The second-order valence-electron chi connectivity index (χ2n) is 4.73. The number of carbonyl (C=O) groups excluding carboxylic acids is 1. The van der Waals surface area contributed by atoms with Gasteiger partial charge in [-0.3, -0.25) is 4.79 Å². The standard InChI is InChI=1S/C14H16ClN3O/c1-2-14(6-3-7-17-14)13(19)18-11-4-5-12(15)10(8-11)9-16/h4-5,8,17H,2-3,6-7H2,1H3,(H,18,19). The number of nitrogens with zero attached hydrogens (tertiary/aromatic N) is 1. The molecule has 2 N–H and O–H groups in total. The lowest BCUT2D eigenvalue weighted by molar-refractivity contribution is -0.122. The van der Waals surface area contributed by atoms with Crippen molar-refractivity contribution in [3.8, 4) is 6.07 Å². The molecule has 1 amide bonds. The maximum atomic E-state index is 12.4. The minimum atomic E-state index is -0.480. The molecule has 0 bridgehead atoms. The molecule has 0 spiro atoms. The van der Waals surface area contributed by atoms with E-state index >= 15 is 0 Å². The number of nitriles is 1. The van der Waals surface area contributed by atoms with Gasteiger partial charge in [-0.05, 0) is 44.0 Å². The molecule has 2 rings (SSSR count). The molecule has 0 radical (unpaired) electrons. The van der Waals surface area contributed by atoms with E-state index in [1.165, 1.54) is 0 Å². The summed E-state index contributed by atoms with van der Waals surface area (Å²) in [6.45, 7) is 2.87. The molecular formula is C14H16ClN3O. The molecule has 1 fully saturated rings. The summed E-state index contributed by atoms with van der Waals surface area (Å²) in [5.41, 5.74) is 0.490. The van der Waals surface area contributed by atoms with E-state index in [4.69, 9.17) is 16.9 Å². The van der Waals surface area contributed by atoms with E-state index in [-0.39, 0.29) is 5.91 Å². The van der Waals surface area contributed by atoms with Crippen LogP contribution in [0.1, 0.15) is 31.7 Å². The number of rotatable bonds is 3. The highest BCUT2D eigenvalue weighted by molar-refractivity contribution is 6.31. The van der Waals surface area contributed by atoms with Gasteiger partial charge < -0.3 is 10.6 Å². The van der Waals surface area contributed by atoms with Crippen molar-refractivity contribution in [1.82, 2.24) is 5.32 Å². The highest BCUT2D eigenvalue weighted by Gasteiger charge is 2.39. The Morgan fingerprint density at radius 1 is 1.63 bits per heavy atom. The summed E-state index contributed by atoms with van der Waals surface area (Å²) < 4.78 is 0. The largest absolute Gasteiger partial charge is 0.324 e. The Kier molecular flexibility index (Phi) is 4.08. The molecular weight excluding hydrogens is 262 g/mol. The molecule has 1 unspecified atom stereocenters. The molecule has 1 aromatic rings. The average Bonchev–Trinajstić information content (AvgIpc) is 2.91. The first-order chi connectivity index (χ1) is 9.11. The van der Waals surface area contributed by atoms with Gasteiger partial charge in [0.1, 0.15) is 6.07 Å². The number of carbonyl (C=O) groups is 1. The lowest BCUT2D eigenvalue weighted by Gasteiger charge is -2.26. The Morgan fingerprint density at radius 2 is 2.42 bits per heavy atom. The van der Waals surface area contributed by atoms with Gasteiger partial charge in [-0.2, -0.15) is 5.26 Å². The van der Waals surface area contributed by atoms with Crippen LogP contribution in [0.15, 0.2) is 18.2 Å². The number of hydrogen-bond acceptors (Lipinski definition) is 3. The second-order valence-corrected chi connectivity index (χ2v) is 5.13. The van der Waals surface area contributed by atoms with Crippen LogP contribution in [0, 0.1) is 11.3 Å². The van der Waals surface area contributed by atoms with Gasteiger partial charge >= 0.3 is 0 Å². The number of hydrogen-bond donors (Lipinski definition) is 2. The van der Waals surface area contributed by atoms with Gasteiger partial charge in [0.15, 0.2) is 0 Å². The van der Waals surface area contributed by atoms with Crippen molar-refractivity contribution in [2.24, 2.45) is 0 Å². The van der Waals surface area contributed by atoms with E-state index in [1.54, 1.807) is 18.2 Å².